The van der Waals surface area contributed by atoms with Crippen molar-refractivity contribution in [1.82, 2.24) is 0 Å². The van der Waals surface area contributed by atoms with E-state index >= 15 is 0 Å². The van der Waals surface area contributed by atoms with Crippen molar-refractivity contribution in [2.45, 2.75) is 46.1 Å². The number of allylic oxidation sites excluding steroid dienone is 3. The Morgan fingerprint density at radius 3 is 2.50 bits per heavy atom. The summed E-state index contributed by atoms with van der Waals surface area (Å²) in [5, 5.41) is 10.4. The molecular weight excluding hydrogens is 256 g/mol. The zero-order valence-electron chi connectivity index (χ0n) is 13.1. The topological polar surface area (TPSA) is 55.8 Å². The van der Waals surface area contributed by atoms with Crippen molar-refractivity contribution in [2.75, 3.05) is 14.2 Å². The Labute approximate surface area is 121 Å². The highest BCUT2D eigenvalue weighted by Gasteiger charge is 2.42. The van der Waals surface area contributed by atoms with Crippen LogP contribution in [0.5, 0.6) is 0 Å². The molecule has 0 aromatic rings. The van der Waals surface area contributed by atoms with Gasteiger partial charge in [-0.25, -0.2) is 0 Å². The summed E-state index contributed by atoms with van der Waals surface area (Å²) in [6, 6.07) is 0. The predicted molar refractivity (Wildman–Crippen MR) is 78.0 cm³/mol. The molecule has 4 nitrogen and oxygen atoms in total. The minimum absolute atomic E-state index is 0.0961. The first-order valence-corrected chi connectivity index (χ1v) is 7.17. The van der Waals surface area contributed by atoms with E-state index in [1.54, 1.807) is 0 Å². The zero-order chi connectivity index (χ0) is 15.3. The number of hydrogen-bond acceptors (Lipinski definition) is 4. The smallest absolute Gasteiger partial charge is 0.204 e. The summed E-state index contributed by atoms with van der Waals surface area (Å²) in [6.07, 6.45) is 4.13. The van der Waals surface area contributed by atoms with Gasteiger partial charge in [-0.2, -0.15) is 0 Å². The van der Waals surface area contributed by atoms with Gasteiger partial charge in [0.05, 0.1) is 14.2 Å². The van der Waals surface area contributed by atoms with Gasteiger partial charge in [-0.15, -0.1) is 0 Å². The van der Waals surface area contributed by atoms with Crippen molar-refractivity contribution >= 4 is 5.78 Å². The molecule has 1 rings (SSSR count). The fourth-order valence-corrected chi connectivity index (χ4v) is 2.71. The van der Waals surface area contributed by atoms with E-state index in [1.165, 1.54) is 19.8 Å². The van der Waals surface area contributed by atoms with Crippen molar-refractivity contribution < 1.29 is 19.4 Å². The molecule has 0 bridgehead atoms. The number of carbonyl (C=O) groups excluding carboxylic acids is 1. The monoisotopic (exact) mass is 282 g/mol. The van der Waals surface area contributed by atoms with E-state index in [1.807, 2.05) is 6.92 Å². The molecule has 0 amide bonds. The quantitative estimate of drug-likeness (QED) is 0.761. The third-order valence-corrected chi connectivity index (χ3v) is 3.98. The van der Waals surface area contributed by atoms with E-state index in [9.17, 15) is 9.90 Å². The summed E-state index contributed by atoms with van der Waals surface area (Å²) >= 11 is 0. The third kappa shape index (κ3) is 3.42. The lowest BCUT2D eigenvalue weighted by molar-refractivity contribution is -0.128. The van der Waals surface area contributed by atoms with E-state index < -0.39 is 6.10 Å². The molecule has 0 radical (unpaired) electrons. The van der Waals surface area contributed by atoms with Gasteiger partial charge in [-0.1, -0.05) is 31.9 Å². The number of rotatable bonds is 6. The van der Waals surface area contributed by atoms with E-state index in [2.05, 4.69) is 19.9 Å². The number of ketones is 1. The first kappa shape index (κ1) is 16.8. The van der Waals surface area contributed by atoms with Gasteiger partial charge < -0.3 is 14.6 Å². The van der Waals surface area contributed by atoms with Crippen LogP contribution in [-0.4, -0.2) is 31.2 Å². The maximum atomic E-state index is 12.3. The lowest BCUT2D eigenvalue weighted by Crippen LogP contribution is -2.40. The second kappa shape index (κ2) is 7.48. The standard InChI is InChI=1S/C16H26O4/c1-6-7-10(2)8-9-12-11(3)13(17)15(19-4)16(20-5)14(12)18/h8,11-12,14,18H,6-7,9H2,1-5H3/b10-8+. The lowest BCUT2D eigenvalue weighted by atomic mass is 9.77. The Morgan fingerprint density at radius 2 is 2.00 bits per heavy atom. The van der Waals surface area contributed by atoms with Crippen LogP contribution in [0.15, 0.2) is 23.2 Å². The molecule has 0 aromatic heterocycles. The summed E-state index contributed by atoms with van der Waals surface area (Å²) in [6.45, 7) is 6.05. The third-order valence-electron chi connectivity index (χ3n) is 3.98. The van der Waals surface area contributed by atoms with Crippen LogP contribution in [0.2, 0.25) is 0 Å². The van der Waals surface area contributed by atoms with Crippen LogP contribution in [0.3, 0.4) is 0 Å². The SMILES string of the molecule is CCC/C(C)=C/CC1C(C)C(=O)C(OC)=C(OC)C1O. The molecule has 0 aliphatic heterocycles. The minimum Gasteiger partial charge on any atom is -0.494 e. The molecule has 0 fully saturated rings. The lowest BCUT2D eigenvalue weighted by Gasteiger charge is -2.33. The number of aliphatic hydroxyl groups excluding tert-OH is 1. The maximum Gasteiger partial charge on any atom is 0.204 e. The van der Waals surface area contributed by atoms with Gasteiger partial charge in [0, 0.05) is 11.8 Å². The second-order valence-corrected chi connectivity index (χ2v) is 5.40. The van der Waals surface area contributed by atoms with Gasteiger partial charge in [-0.05, 0) is 19.8 Å². The van der Waals surface area contributed by atoms with E-state index in [0.717, 1.165) is 12.8 Å². The summed E-state index contributed by atoms with van der Waals surface area (Å²) in [5.41, 5.74) is 1.29. The molecule has 1 N–H and O–H groups in total. The fraction of sp³-hybridized carbons (Fsp3) is 0.688. The summed E-state index contributed by atoms with van der Waals surface area (Å²) in [4.78, 5) is 12.3. The zero-order valence-corrected chi connectivity index (χ0v) is 13.1. The molecule has 0 aromatic carbocycles. The Hall–Kier alpha value is -1.29. The first-order chi connectivity index (χ1) is 9.47. The molecule has 1 aliphatic carbocycles. The van der Waals surface area contributed by atoms with Crippen LogP contribution in [0.4, 0.5) is 0 Å². The second-order valence-electron chi connectivity index (χ2n) is 5.40. The Kier molecular flexibility index (Phi) is 6.27. The number of Topliss-reactive ketones (excluding diaryl/α,β-unsaturated/α-hetero) is 1. The van der Waals surface area contributed by atoms with Crippen LogP contribution in [0.25, 0.3) is 0 Å². The van der Waals surface area contributed by atoms with Crippen LogP contribution >= 0.6 is 0 Å². The molecule has 3 atom stereocenters. The molecule has 114 valence electrons. The minimum atomic E-state index is -0.798. The molecular formula is C16H26O4. The molecule has 0 saturated heterocycles. The van der Waals surface area contributed by atoms with Crippen LogP contribution in [0.1, 0.15) is 40.0 Å². The molecule has 20 heavy (non-hydrogen) atoms. The highest BCUT2D eigenvalue weighted by molar-refractivity contribution is 5.97. The molecule has 0 saturated carbocycles. The van der Waals surface area contributed by atoms with E-state index in [-0.39, 0.29) is 29.1 Å². The van der Waals surface area contributed by atoms with Crippen LogP contribution < -0.4 is 0 Å². The molecule has 3 unspecified atom stereocenters. The molecule has 0 heterocycles. The Bertz CT molecular complexity index is 409. The van der Waals surface area contributed by atoms with Gasteiger partial charge in [0.2, 0.25) is 11.5 Å². The Balaban J connectivity index is 2.97. The normalized spacial score (nSPS) is 27.8. The maximum absolute atomic E-state index is 12.3. The van der Waals surface area contributed by atoms with Crippen molar-refractivity contribution in [3.05, 3.63) is 23.2 Å². The molecule has 0 spiro atoms. The average Bonchev–Trinajstić information content (AvgIpc) is 2.42. The van der Waals surface area contributed by atoms with Crippen molar-refractivity contribution in [3.8, 4) is 0 Å². The van der Waals surface area contributed by atoms with E-state index in [0.29, 0.717) is 6.42 Å². The fourth-order valence-electron chi connectivity index (χ4n) is 2.71. The number of ether oxygens (including phenoxy) is 2. The van der Waals surface area contributed by atoms with Gasteiger partial charge in [-0.3, -0.25) is 4.79 Å². The highest BCUT2D eigenvalue weighted by atomic mass is 16.5. The largest absolute Gasteiger partial charge is 0.494 e. The van der Waals surface area contributed by atoms with Gasteiger partial charge in [0.1, 0.15) is 6.10 Å². The summed E-state index contributed by atoms with van der Waals surface area (Å²) in [5.74, 6) is -0.131. The van der Waals surface area contributed by atoms with Gasteiger partial charge >= 0.3 is 0 Å². The van der Waals surface area contributed by atoms with Gasteiger partial charge in [0.15, 0.2) is 5.76 Å². The number of hydrogen-bond donors (Lipinski definition) is 1. The van der Waals surface area contributed by atoms with Crippen LogP contribution in [-0.2, 0) is 14.3 Å². The summed E-state index contributed by atoms with van der Waals surface area (Å²) < 4.78 is 10.3. The number of carbonyl (C=O) groups is 1. The predicted octanol–water partition coefficient (Wildman–Crippen LogP) is 2.82. The van der Waals surface area contributed by atoms with E-state index in [4.69, 9.17) is 9.47 Å². The van der Waals surface area contributed by atoms with Crippen molar-refractivity contribution in [1.29, 1.82) is 0 Å². The summed E-state index contributed by atoms with van der Waals surface area (Å²) in [7, 11) is 2.88. The molecule has 4 heteroatoms. The van der Waals surface area contributed by atoms with Gasteiger partial charge in [0.25, 0.3) is 0 Å². The Morgan fingerprint density at radius 1 is 1.35 bits per heavy atom. The number of methoxy groups -OCH3 is 2. The molecule has 1 aliphatic rings. The number of aliphatic hydroxyl groups is 1. The highest BCUT2D eigenvalue weighted by Crippen LogP contribution is 2.35. The average molecular weight is 282 g/mol. The van der Waals surface area contributed by atoms with Crippen LogP contribution in [0, 0.1) is 11.8 Å². The van der Waals surface area contributed by atoms with Crippen molar-refractivity contribution in [3.63, 3.8) is 0 Å². The van der Waals surface area contributed by atoms with Crippen molar-refractivity contribution in [2.24, 2.45) is 11.8 Å². The first-order valence-electron chi connectivity index (χ1n) is 7.17.